The Morgan fingerprint density at radius 2 is 0.746 bits per heavy atom. The minimum Gasteiger partial charge on any atom is -0.456 e. The highest BCUT2D eigenvalue weighted by Gasteiger charge is 2.48. The number of fused-ring (bicyclic) bond motifs is 13. The van der Waals surface area contributed by atoms with Gasteiger partial charge in [0, 0.05) is 21.5 Å². The average Bonchev–Trinajstić information content (AvgIpc) is 3.99. The molecule has 0 saturated heterocycles. The van der Waals surface area contributed by atoms with Crippen LogP contribution in [-0.2, 0) is 5.41 Å². The molecule has 0 fully saturated rings. The van der Waals surface area contributed by atoms with Crippen LogP contribution in [0.4, 0.5) is 0 Å². The first-order chi connectivity index (χ1) is 31.2. The Bertz CT molecular complexity index is 3980. The van der Waals surface area contributed by atoms with Crippen LogP contribution in [0.3, 0.4) is 0 Å². The number of hydrogen-bond acceptors (Lipinski definition) is 2. The van der Waals surface area contributed by atoms with Crippen LogP contribution < -0.4 is 0 Å². The van der Waals surface area contributed by atoms with Crippen LogP contribution in [0.1, 0.15) is 22.3 Å². The lowest BCUT2D eigenvalue weighted by Gasteiger charge is -2.35. The van der Waals surface area contributed by atoms with Gasteiger partial charge in [-0.05, 0) is 149 Å². The standard InChI is InChI=1S/C61H36O2/c1-3-18-45(19-4-1)61(46-20-5-2-6-21-46)54-34-42(41-24-27-55-50(31-41)52-29-37-13-7-9-15-39(37)35-57(52)62-55)23-26-48(54)59-49(32-43-17-11-12-22-47(43)60(59)61)44-25-28-56-51(33-44)53-30-38-14-8-10-16-40(38)36-58(53)63-56/h1-36H. The highest BCUT2D eigenvalue weighted by atomic mass is 16.3. The van der Waals surface area contributed by atoms with Gasteiger partial charge in [0.25, 0.3) is 0 Å². The lowest BCUT2D eigenvalue weighted by atomic mass is 9.66. The van der Waals surface area contributed by atoms with Crippen molar-refractivity contribution >= 4 is 76.2 Å². The quantitative estimate of drug-likeness (QED) is 0.177. The second kappa shape index (κ2) is 12.9. The van der Waals surface area contributed by atoms with E-state index in [9.17, 15) is 0 Å². The van der Waals surface area contributed by atoms with E-state index in [0.717, 1.165) is 55.0 Å². The van der Waals surface area contributed by atoms with Gasteiger partial charge in [0.2, 0.25) is 0 Å². The Balaban J connectivity index is 1.07. The van der Waals surface area contributed by atoms with Gasteiger partial charge in [0.15, 0.2) is 0 Å². The van der Waals surface area contributed by atoms with E-state index in [1.807, 2.05) is 0 Å². The molecule has 0 bridgehead atoms. The van der Waals surface area contributed by atoms with Gasteiger partial charge in [0.1, 0.15) is 22.3 Å². The van der Waals surface area contributed by atoms with Crippen LogP contribution in [-0.4, -0.2) is 0 Å². The molecule has 0 spiro atoms. The van der Waals surface area contributed by atoms with Crippen molar-refractivity contribution in [2.45, 2.75) is 5.41 Å². The molecule has 0 saturated carbocycles. The zero-order chi connectivity index (χ0) is 41.2. The van der Waals surface area contributed by atoms with Crippen LogP contribution in [0.25, 0.3) is 110 Å². The molecule has 0 unspecified atom stereocenters. The third kappa shape index (κ3) is 4.89. The second-order valence-corrected chi connectivity index (χ2v) is 17.2. The fraction of sp³-hybridized carbons (Fsp3) is 0.0164. The minimum absolute atomic E-state index is 0.629. The summed E-state index contributed by atoms with van der Waals surface area (Å²) < 4.78 is 13.0. The van der Waals surface area contributed by atoms with E-state index in [0.29, 0.717) is 0 Å². The Labute approximate surface area is 362 Å². The van der Waals surface area contributed by atoms with E-state index < -0.39 is 5.41 Å². The number of furan rings is 2. The largest absolute Gasteiger partial charge is 0.456 e. The summed E-state index contributed by atoms with van der Waals surface area (Å²) in [6.45, 7) is 0. The number of hydrogen-bond donors (Lipinski definition) is 0. The monoisotopic (exact) mass is 800 g/mol. The molecule has 0 radical (unpaired) electrons. The Hall–Kier alpha value is -8.20. The maximum Gasteiger partial charge on any atom is 0.136 e. The predicted octanol–water partition coefficient (Wildman–Crippen LogP) is 16.6. The lowest BCUT2D eigenvalue weighted by molar-refractivity contribution is 0.669. The maximum absolute atomic E-state index is 6.53. The third-order valence-electron chi connectivity index (χ3n) is 13.9. The average molecular weight is 801 g/mol. The van der Waals surface area contributed by atoms with Gasteiger partial charge in [0.05, 0.1) is 5.41 Å². The van der Waals surface area contributed by atoms with Crippen molar-refractivity contribution in [2.24, 2.45) is 0 Å². The van der Waals surface area contributed by atoms with Crippen LogP contribution in [0, 0.1) is 0 Å². The fourth-order valence-electron chi connectivity index (χ4n) is 11.0. The van der Waals surface area contributed by atoms with Crippen molar-refractivity contribution in [1.82, 2.24) is 0 Å². The molecule has 0 amide bonds. The number of rotatable bonds is 4. The van der Waals surface area contributed by atoms with Gasteiger partial charge in [-0.2, -0.15) is 0 Å². The molecule has 1 aliphatic carbocycles. The molecule has 2 heterocycles. The predicted molar refractivity (Wildman–Crippen MR) is 262 cm³/mol. The summed E-state index contributed by atoms with van der Waals surface area (Å²) in [6, 6.07) is 80.3. The van der Waals surface area contributed by atoms with Crippen LogP contribution in [0.5, 0.6) is 0 Å². The molecular weight excluding hydrogens is 765 g/mol. The zero-order valence-corrected chi connectivity index (χ0v) is 34.1. The van der Waals surface area contributed by atoms with Gasteiger partial charge in [-0.15, -0.1) is 0 Å². The van der Waals surface area contributed by atoms with Crippen molar-refractivity contribution < 1.29 is 8.83 Å². The molecule has 14 rings (SSSR count). The van der Waals surface area contributed by atoms with Gasteiger partial charge >= 0.3 is 0 Å². The lowest BCUT2D eigenvalue weighted by Crippen LogP contribution is -2.29. The summed E-state index contributed by atoms with van der Waals surface area (Å²) in [5.41, 5.74) is 15.2. The molecule has 13 aromatic rings. The van der Waals surface area contributed by atoms with Gasteiger partial charge in [-0.25, -0.2) is 0 Å². The molecule has 292 valence electrons. The fourth-order valence-corrected chi connectivity index (χ4v) is 11.0. The molecule has 0 aliphatic heterocycles. The molecule has 1 aliphatic rings. The van der Waals surface area contributed by atoms with E-state index in [1.165, 1.54) is 76.8 Å². The van der Waals surface area contributed by atoms with Crippen molar-refractivity contribution in [3.05, 3.63) is 241 Å². The Morgan fingerprint density at radius 3 is 1.35 bits per heavy atom. The van der Waals surface area contributed by atoms with E-state index in [-0.39, 0.29) is 0 Å². The Morgan fingerprint density at radius 1 is 0.286 bits per heavy atom. The van der Waals surface area contributed by atoms with Crippen LogP contribution in [0.15, 0.2) is 227 Å². The first-order valence-corrected chi connectivity index (χ1v) is 21.7. The first kappa shape index (κ1) is 34.5. The molecule has 2 heteroatoms. The third-order valence-corrected chi connectivity index (χ3v) is 13.9. The smallest absolute Gasteiger partial charge is 0.136 e. The molecule has 0 atom stereocenters. The molecule has 2 nitrogen and oxygen atoms in total. The summed E-state index contributed by atoms with van der Waals surface area (Å²) in [5.74, 6) is 0. The van der Waals surface area contributed by atoms with Crippen molar-refractivity contribution in [3.63, 3.8) is 0 Å². The summed E-state index contributed by atoms with van der Waals surface area (Å²) in [4.78, 5) is 0. The number of benzene rings is 11. The second-order valence-electron chi connectivity index (χ2n) is 17.2. The molecule has 2 aromatic heterocycles. The molecule has 11 aromatic carbocycles. The highest BCUT2D eigenvalue weighted by molar-refractivity contribution is 6.14. The van der Waals surface area contributed by atoms with E-state index in [1.54, 1.807) is 0 Å². The molecule has 63 heavy (non-hydrogen) atoms. The maximum atomic E-state index is 6.53. The first-order valence-electron chi connectivity index (χ1n) is 21.7. The van der Waals surface area contributed by atoms with Crippen molar-refractivity contribution in [2.75, 3.05) is 0 Å². The highest BCUT2D eigenvalue weighted by Crippen LogP contribution is 2.61. The van der Waals surface area contributed by atoms with Crippen LogP contribution >= 0.6 is 0 Å². The minimum atomic E-state index is -0.629. The van der Waals surface area contributed by atoms with E-state index in [2.05, 4.69) is 218 Å². The molecular formula is C61H36O2. The van der Waals surface area contributed by atoms with Gasteiger partial charge in [-0.3, -0.25) is 0 Å². The summed E-state index contributed by atoms with van der Waals surface area (Å²) in [7, 11) is 0. The summed E-state index contributed by atoms with van der Waals surface area (Å²) in [5, 5.41) is 11.7. The summed E-state index contributed by atoms with van der Waals surface area (Å²) >= 11 is 0. The summed E-state index contributed by atoms with van der Waals surface area (Å²) in [6.07, 6.45) is 0. The zero-order valence-electron chi connectivity index (χ0n) is 34.1. The van der Waals surface area contributed by atoms with Crippen molar-refractivity contribution in [1.29, 1.82) is 0 Å². The Kier molecular flexibility index (Phi) is 7.07. The van der Waals surface area contributed by atoms with Crippen molar-refractivity contribution in [3.8, 4) is 33.4 Å². The normalized spacial score (nSPS) is 13.2. The topological polar surface area (TPSA) is 26.3 Å². The van der Waals surface area contributed by atoms with E-state index >= 15 is 0 Å². The molecule has 0 N–H and O–H groups in total. The van der Waals surface area contributed by atoms with Gasteiger partial charge in [-0.1, -0.05) is 158 Å². The van der Waals surface area contributed by atoms with E-state index in [4.69, 9.17) is 8.83 Å². The van der Waals surface area contributed by atoms with Gasteiger partial charge < -0.3 is 8.83 Å². The SMILES string of the molecule is c1ccc(C2(c3ccccc3)c3cc(-c4ccc5oc6cc7ccccc7cc6c5c4)ccc3-c3c(-c4ccc5oc6cc7ccccc7cc6c5c4)cc4ccccc4c32)cc1. The van der Waals surface area contributed by atoms with Crippen LogP contribution in [0.2, 0.25) is 0 Å².